The lowest BCUT2D eigenvalue weighted by atomic mass is 9.72. The Labute approximate surface area is 129 Å². The monoisotopic (exact) mass is 314 g/mol. The second-order valence-electron chi connectivity index (χ2n) is 6.81. The average Bonchev–Trinajstić information content (AvgIpc) is 2.71. The van der Waals surface area contributed by atoms with Gasteiger partial charge in [0, 0.05) is 6.42 Å². The topological polar surface area (TPSA) is 59.0 Å². The molecule has 0 saturated carbocycles. The molecule has 1 amide bonds. The Morgan fingerprint density at radius 2 is 2.14 bits per heavy atom. The van der Waals surface area contributed by atoms with Crippen molar-refractivity contribution in [2.24, 2.45) is 5.41 Å². The first-order valence-electron chi connectivity index (χ1n) is 7.30. The van der Waals surface area contributed by atoms with E-state index in [1.807, 2.05) is 0 Å². The van der Waals surface area contributed by atoms with Crippen molar-refractivity contribution in [2.45, 2.75) is 51.9 Å². The number of nitrogens with zero attached hydrogens (tertiary/aromatic N) is 1. The van der Waals surface area contributed by atoms with Gasteiger partial charge in [-0.05, 0) is 18.5 Å². The number of likely N-dealkylation sites (tertiary alicyclic amines) is 1. The quantitative estimate of drug-likeness (QED) is 0.625. The van der Waals surface area contributed by atoms with Crippen LogP contribution in [0.5, 0.6) is 0 Å². The molecule has 0 aromatic rings. The highest BCUT2D eigenvalue weighted by atomic mass is 28.3. The van der Waals surface area contributed by atoms with Crippen LogP contribution in [0.25, 0.3) is 0 Å². The Kier molecular flexibility index (Phi) is 6.01. The van der Waals surface area contributed by atoms with Crippen LogP contribution < -0.4 is 0 Å². The molecule has 1 rings (SSSR count). The van der Waals surface area contributed by atoms with E-state index in [1.165, 1.54) is 0 Å². The molecule has 0 aliphatic carbocycles. The van der Waals surface area contributed by atoms with Crippen LogP contribution in [0.3, 0.4) is 0 Å². The fourth-order valence-corrected chi connectivity index (χ4v) is 3.26. The van der Waals surface area contributed by atoms with Crippen LogP contribution in [0.4, 0.5) is 4.79 Å². The molecule has 21 heavy (non-hydrogen) atoms. The molecule has 0 bridgehead atoms. The summed E-state index contributed by atoms with van der Waals surface area (Å²) in [6, 6.07) is 0. The summed E-state index contributed by atoms with van der Waals surface area (Å²) in [6.45, 7) is 14.8. The highest BCUT2D eigenvalue weighted by Gasteiger charge is 2.55. The fourth-order valence-electron chi connectivity index (χ4n) is 2.74. The molecule has 0 aromatic carbocycles. The lowest BCUT2D eigenvalue weighted by molar-refractivity contribution is -0.0123. The van der Waals surface area contributed by atoms with E-state index in [9.17, 15) is 9.90 Å². The summed E-state index contributed by atoms with van der Waals surface area (Å²) in [5.74, 6) is 0. The third-order valence-corrected chi connectivity index (χ3v) is 4.75. The molecule has 1 aliphatic heterocycles. The summed E-state index contributed by atoms with van der Waals surface area (Å²) in [5.41, 5.74) is -0.776. The smallest absolute Gasteiger partial charge is 0.410 e. The molecule has 0 spiro atoms. The predicted molar refractivity (Wildman–Crippen MR) is 84.5 cm³/mol. The summed E-state index contributed by atoms with van der Waals surface area (Å²) in [6.07, 6.45) is 1.09. The van der Waals surface area contributed by atoms with Crippen LogP contribution in [0.2, 0.25) is 13.1 Å². The zero-order valence-corrected chi connectivity index (χ0v) is 14.8. The fraction of sp³-hybridized carbons (Fsp3) is 0.800. The van der Waals surface area contributed by atoms with Crippen LogP contribution in [-0.4, -0.2) is 56.5 Å². The molecule has 5 nitrogen and oxygen atoms in total. The van der Waals surface area contributed by atoms with Crippen molar-refractivity contribution in [3.8, 4) is 0 Å². The molecule has 1 radical (unpaired) electrons. The summed E-state index contributed by atoms with van der Waals surface area (Å²) >= 11 is 0. The van der Waals surface area contributed by atoms with Gasteiger partial charge in [0.15, 0.2) is 0 Å². The minimum Gasteiger partial charge on any atom is -0.445 e. The van der Waals surface area contributed by atoms with Crippen molar-refractivity contribution in [3.05, 3.63) is 12.7 Å². The first-order valence-corrected chi connectivity index (χ1v) is 9.71. The van der Waals surface area contributed by atoms with Crippen molar-refractivity contribution in [2.75, 3.05) is 19.8 Å². The van der Waals surface area contributed by atoms with E-state index in [4.69, 9.17) is 9.16 Å². The number of rotatable bonds is 5. The van der Waals surface area contributed by atoms with Gasteiger partial charge in [-0.1, -0.05) is 33.4 Å². The third kappa shape index (κ3) is 4.08. The molecular weight excluding hydrogens is 286 g/mol. The standard InChI is InChI=1S/C15H28NO4Si/c1-7-8-19-13(18)16-10-12(17)9-15(16,14(2,3)4)11-20-21(5)6/h7,12,17H,1,8-11H2,2-6H3/t12-,15-/m1/s1. The second-order valence-corrected chi connectivity index (χ2v) is 8.92. The second kappa shape index (κ2) is 6.94. The van der Waals surface area contributed by atoms with Crippen molar-refractivity contribution < 1.29 is 19.1 Å². The van der Waals surface area contributed by atoms with Gasteiger partial charge in [0.25, 0.3) is 0 Å². The maximum Gasteiger partial charge on any atom is 0.410 e. The lowest BCUT2D eigenvalue weighted by Crippen LogP contribution is -2.59. The number of β-amino-alcohol motifs (C(OH)–C–C–N with tert-alkyl or cyclic N) is 1. The van der Waals surface area contributed by atoms with Gasteiger partial charge in [-0.2, -0.15) is 0 Å². The number of ether oxygens (including phenoxy) is 1. The van der Waals surface area contributed by atoms with Crippen LogP contribution >= 0.6 is 0 Å². The van der Waals surface area contributed by atoms with Gasteiger partial charge in [-0.15, -0.1) is 0 Å². The van der Waals surface area contributed by atoms with Gasteiger partial charge in [-0.25, -0.2) is 4.79 Å². The zero-order chi connectivity index (χ0) is 16.3. The van der Waals surface area contributed by atoms with Crippen molar-refractivity contribution >= 4 is 15.1 Å². The molecule has 121 valence electrons. The van der Waals surface area contributed by atoms with Gasteiger partial charge in [0.1, 0.15) is 6.61 Å². The van der Waals surface area contributed by atoms with Gasteiger partial charge in [0.2, 0.25) is 9.04 Å². The number of carbonyl (C=O) groups excluding carboxylic acids is 1. The minimum absolute atomic E-state index is 0.170. The molecule has 1 heterocycles. The Balaban J connectivity index is 3.05. The maximum absolute atomic E-state index is 12.4. The molecular formula is C15H28NO4Si. The summed E-state index contributed by atoms with van der Waals surface area (Å²) in [5, 5.41) is 10.1. The molecule has 1 N–H and O–H groups in total. The van der Waals surface area contributed by atoms with Gasteiger partial charge in [-0.3, -0.25) is 4.90 Å². The number of amides is 1. The van der Waals surface area contributed by atoms with E-state index in [2.05, 4.69) is 40.4 Å². The minimum atomic E-state index is -0.878. The Morgan fingerprint density at radius 3 is 2.62 bits per heavy atom. The van der Waals surface area contributed by atoms with Crippen LogP contribution in [0.15, 0.2) is 12.7 Å². The Hall–Kier alpha value is -0.853. The van der Waals surface area contributed by atoms with E-state index < -0.39 is 26.8 Å². The molecule has 1 saturated heterocycles. The van der Waals surface area contributed by atoms with Crippen LogP contribution in [0, 0.1) is 5.41 Å². The van der Waals surface area contributed by atoms with Crippen LogP contribution in [-0.2, 0) is 9.16 Å². The first kappa shape index (κ1) is 18.2. The number of aliphatic hydroxyl groups excluding tert-OH is 1. The van der Waals surface area contributed by atoms with E-state index in [0.29, 0.717) is 13.0 Å². The molecule has 1 fully saturated rings. The highest BCUT2D eigenvalue weighted by molar-refractivity contribution is 6.48. The van der Waals surface area contributed by atoms with Crippen molar-refractivity contribution in [3.63, 3.8) is 0 Å². The number of hydrogen-bond donors (Lipinski definition) is 1. The average molecular weight is 314 g/mol. The van der Waals surface area contributed by atoms with Gasteiger partial charge < -0.3 is 14.3 Å². The predicted octanol–water partition coefficient (Wildman–Crippen LogP) is 2.43. The summed E-state index contributed by atoms with van der Waals surface area (Å²) in [4.78, 5) is 14.0. The van der Waals surface area contributed by atoms with E-state index >= 15 is 0 Å². The van der Waals surface area contributed by atoms with E-state index in [1.54, 1.807) is 11.0 Å². The van der Waals surface area contributed by atoms with Crippen molar-refractivity contribution in [1.82, 2.24) is 4.90 Å². The molecule has 2 atom stereocenters. The largest absolute Gasteiger partial charge is 0.445 e. The van der Waals surface area contributed by atoms with Crippen molar-refractivity contribution in [1.29, 1.82) is 0 Å². The molecule has 0 unspecified atom stereocenters. The lowest BCUT2D eigenvalue weighted by Gasteiger charge is -2.47. The first-order chi connectivity index (χ1) is 9.64. The number of carbonyl (C=O) groups is 1. The van der Waals surface area contributed by atoms with Gasteiger partial charge in [0.05, 0.1) is 24.8 Å². The maximum atomic E-state index is 12.4. The van der Waals surface area contributed by atoms with E-state index in [0.717, 1.165) is 0 Å². The highest BCUT2D eigenvalue weighted by Crippen LogP contribution is 2.44. The Bertz CT molecular complexity index is 380. The molecule has 1 aliphatic rings. The number of hydrogen-bond acceptors (Lipinski definition) is 4. The number of aliphatic hydroxyl groups is 1. The molecule has 6 heteroatoms. The third-order valence-electron chi connectivity index (χ3n) is 4.02. The van der Waals surface area contributed by atoms with E-state index in [-0.39, 0.29) is 18.6 Å². The Morgan fingerprint density at radius 1 is 1.52 bits per heavy atom. The van der Waals surface area contributed by atoms with Gasteiger partial charge >= 0.3 is 6.09 Å². The summed E-state index contributed by atoms with van der Waals surface area (Å²) in [7, 11) is -0.878. The normalized spacial score (nSPS) is 26.2. The van der Waals surface area contributed by atoms with Crippen LogP contribution in [0.1, 0.15) is 27.2 Å². The SMILES string of the molecule is C=CCOC(=O)N1C[C@H](O)C[C@@]1(CO[Si](C)C)C(C)(C)C. The summed E-state index contributed by atoms with van der Waals surface area (Å²) < 4.78 is 11.1. The molecule has 0 aromatic heterocycles. The zero-order valence-electron chi connectivity index (χ0n) is 13.8.